The molecule has 0 amide bonds. The molecule has 3 aromatic heterocycles. The van der Waals surface area contributed by atoms with Crippen molar-refractivity contribution in [1.82, 2.24) is 24.5 Å². The Bertz CT molecular complexity index is 1440. The van der Waals surface area contributed by atoms with E-state index in [1.807, 2.05) is 4.40 Å². The van der Waals surface area contributed by atoms with E-state index in [1.54, 1.807) is 6.33 Å². The van der Waals surface area contributed by atoms with Crippen LogP contribution in [0.2, 0.25) is 0 Å². The molecule has 34 heavy (non-hydrogen) atoms. The van der Waals surface area contributed by atoms with Gasteiger partial charge in [-0.3, -0.25) is 4.40 Å². The summed E-state index contributed by atoms with van der Waals surface area (Å²) in [6.45, 7) is 9.12. The molecule has 1 fully saturated rings. The molecule has 1 aliphatic rings. The van der Waals surface area contributed by atoms with E-state index >= 15 is 0 Å². The molecule has 0 saturated carbocycles. The monoisotopic (exact) mass is 479 g/mol. The van der Waals surface area contributed by atoms with Crippen molar-refractivity contribution in [2.75, 3.05) is 31.6 Å². The molecule has 0 aliphatic carbocycles. The summed E-state index contributed by atoms with van der Waals surface area (Å²) in [5.74, 6) is 1.12. The van der Waals surface area contributed by atoms with Gasteiger partial charge in [0.2, 0.25) is 0 Å². The average Bonchev–Trinajstić information content (AvgIpc) is 3.42. The van der Waals surface area contributed by atoms with Crippen molar-refractivity contribution >= 4 is 26.4 Å². The van der Waals surface area contributed by atoms with Crippen LogP contribution in [0.25, 0.3) is 27.8 Å². The van der Waals surface area contributed by atoms with Gasteiger partial charge >= 0.3 is 0 Å². The van der Waals surface area contributed by atoms with Crippen molar-refractivity contribution in [3.8, 4) is 11.3 Å². The van der Waals surface area contributed by atoms with Gasteiger partial charge in [0.25, 0.3) is 0 Å². The minimum atomic E-state index is -2.91. The number of rotatable bonds is 6. The van der Waals surface area contributed by atoms with Crippen LogP contribution in [0.5, 0.6) is 0 Å². The van der Waals surface area contributed by atoms with Crippen molar-refractivity contribution in [2.24, 2.45) is 0 Å². The van der Waals surface area contributed by atoms with Gasteiger partial charge in [-0.15, -0.1) is 10.2 Å². The number of benzene rings is 1. The highest BCUT2D eigenvalue weighted by atomic mass is 32.2. The summed E-state index contributed by atoms with van der Waals surface area (Å²) >= 11 is 0. The average molecular weight is 480 g/mol. The number of hydrogen-bond donors (Lipinski definition) is 1. The molecule has 5 rings (SSSR count). The number of aryl methyl sites for hydroxylation is 1. The van der Waals surface area contributed by atoms with Gasteiger partial charge in [0.05, 0.1) is 11.4 Å². The lowest BCUT2D eigenvalue weighted by atomic mass is 9.87. The first-order chi connectivity index (χ1) is 16.2. The Kier molecular flexibility index (Phi) is 5.98. The second kappa shape index (κ2) is 8.82. The first-order valence-electron chi connectivity index (χ1n) is 12.1. The molecule has 8 heteroatoms. The third-order valence-corrected chi connectivity index (χ3v) is 8.07. The summed E-state index contributed by atoms with van der Waals surface area (Å²) in [5, 5.41) is 9.57. The molecular weight excluding hydrogens is 446 g/mol. The predicted molar refractivity (Wildman–Crippen MR) is 137 cm³/mol. The minimum Gasteiger partial charge on any atom is -0.354 e. The maximum atomic E-state index is 11.5. The summed E-state index contributed by atoms with van der Waals surface area (Å²) in [5.41, 5.74) is 8.18. The lowest BCUT2D eigenvalue weighted by molar-refractivity contribution is 0.223. The lowest BCUT2D eigenvalue weighted by Gasteiger charge is -2.32. The highest BCUT2D eigenvalue weighted by Gasteiger charge is 2.23. The van der Waals surface area contributed by atoms with Gasteiger partial charge in [0.15, 0.2) is 5.65 Å². The second-order valence-corrected chi connectivity index (χ2v) is 12.4. The van der Waals surface area contributed by atoms with Crippen molar-refractivity contribution in [3.63, 3.8) is 0 Å². The standard InChI is InChI=1S/C26H33N5O2S/c1-17(2)24-22-14-20(19-7-9-30(10-8-19)11-12-34(4,32)33)5-6-23(22)28-25(24)21-13-18(3)26-29-27-16-31(26)15-21/h5-6,13-17,19,28H,7-12H2,1-4H3. The van der Waals surface area contributed by atoms with E-state index < -0.39 is 9.84 Å². The second-order valence-electron chi connectivity index (χ2n) is 10.1. The van der Waals surface area contributed by atoms with Gasteiger partial charge in [-0.2, -0.15) is 0 Å². The first kappa shape index (κ1) is 23.1. The number of nitrogens with one attached hydrogen (secondary N) is 1. The van der Waals surface area contributed by atoms with Crippen LogP contribution in [-0.4, -0.2) is 64.5 Å². The van der Waals surface area contributed by atoms with E-state index in [2.05, 4.69) is 71.3 Å². The van der Waals surface area contributed by atoms with Crippen LogP contribution < -0.4 is 0 Å². The summed E-state index contributed by atoms with van der Waals surface area (Å²) in [4.78, 5) is 5.98. The number of piperidine rings is 1. The van der Waals surface area contributed by atoms with E-state index in [4.69, 9.17) is 0 Å². The lowest BCUT2D eigenvalue weighted by Crippen LogP contribution is -2.36. The molecule has 180 valence electrons. The molecule has 1 N–H and O–H groups in total. The van der Waals surface area contributed by atoms with Crippen LogP contribution in [0.4, 0.5) is 0 Å². The first-order valence-corrected chi connectivity index (χ1v) is 14.1. The summed E-state index contributed by atoms with van der Waals surface area (Å²) < 4.78 is 25.0. The number of likely N-dealkylation sites (tertiary alicyclic amines) is 1. The topological polar surface area (TPSA) is 83.4 Å². The third-order valence-electron chi connectivity index (χ3n) is 7.14. The number of sulfone groups is 1. The Balaban J connectivity index is 1.45. The molecule has 0 atom stereocenters. The Morgan fingerprint density at radius 3 is 2.65 bits per heavy atom. The van der Waals surface area contributed by atoms with Crippen molar-refractivity contribution < 1.29 is 8.42 Å². The highest BCUT2D eigenvalue weighted by molar-refractivity contribution is 7.90. The quantitative estimate of drug-likeness (QED) is 0.439. The number of fused-ring (bicyclic) bond motifs is 2. The van der Waals surface area contributed by atoms with Crippen LogP contribution >= 0.6 is 0 Å². The molecule has 0 bridgehead atoms. The Morgan fingerprint density at radius 1 is 1.18 bits per heavy atom. The van der Waals surface area contributed by atoms with E-state index in [-0.39, 0.29) is 5.75 Å². The van der Waals surface area contributed by atoms with Crippen molar-refractivity contribution in [2.45, 2.75) is 45.4 Å². The highest BCUT2D eigenvalue weighted by Crippen LogP contribution is 2.38. The zero-order valence-electron chi connectivity index (χ0n) is 20.4. The number of aromatic amines is 1. The SMILES string of the molecule is Cc1cc(-c2[nH]c3ccc(C4CCN(CCS(C)(=O)=O)CC4)cc3c2C(C)C)cn2cnnc12. The van der Waals surface area contributed by atoms with Gasteiger partial charge in [-0.05, 0) is 79.6 Å². The summed E-state index contributed by atoms with van der Waals surface area (Å²) in [6.07, 6.45) is 7.30. The molecule has 4 heterocycles. The maximum absolute atomic E-state index is 11.5. The molecule has 0 unspecified atom stereocenters. The summed E-state index contributed by atoms with van der Waals surface area (Å²) in [6, 6.07) is 9.05. The van der Waals surface area contributed by atoms with Crippen LogP contribution in [0.1, 0.15) is 55.2 Å². The minimum absolute atomic E-state index is 0.244. The number of hydrogen-bond acceptors (Lipinski definition) is 5. The molecule has 0 spiro atoms. The zero-order chi connectivity index (χ0) is 24.0. The van der Waals surface area contributed by atoms with Gasteiger partial charge in [-0.25, -0.2) is 8.42 Å². The van der Waals surface area contributed by atoms with E-state index in [0.29, 0.717) is 18.4 Å². The smallest absolute Gasteiger partial charge is 0.163 e. The third kappa shape index (κ3) is 4.49. The fourth-order valence-corrected chi connectivity index (χ4v) is 5.93. The Morgan fingerprint density at radius 2 is 1.94 bits per heavy atom. The van der Waals surface area contributed by atoms with E-state index in [0.717, 1.165) is 53.9 Å². The van der Waals surface area contributed by atoms with E-state index in [1.165, 1.54) is 22.8 Å². The predicted octanol–water partition coefficient (Wildman–Crippen LogP) is 4.53. The Hall–Kier alpha value is -2.71. The van der Waals surface area contributed by atoms with Gasteiger partial charge in [0.1, 0.15) is 16.2 Å². The molecule has 4 aromatic rings. The maximum Gasteiger partial charge on any atom is 0.163 e. The van der Waals surface area contributed by atoms with Crippen LogP contribution in [-0.2, 0) is 9.84 Å². The molecular formula is C26H33N5O2S. The van der Waals surface area contributed by atoms with Crippen LogP contribution in [0, 0.1) is 6.92 Å². The molecule has 1 aromatic carbocycles. The van der Waals surface area contributed by atoms with Crippen molar-refractivity contribution in [1.29, 1.82) is 0 Å². The number of H-pyrrole nitrogens is 1. The number of nitrogens with zero attached hydrogens (tertiary/aromatic N) is 4. The molecule has 7 nitrogen and oxygen atoms in total. The number of pyridine rings is 1. The molecule has 1 aliphatic heterocycles. The molecule has 0 radical (unpaired) electrons. The Labute approximate surface area is 201 Å². The van der Waals surface area contributed by atoms with Crippen LogP contribution in [0.3, 0.4) is 0 Å². The van der Waals surface area contributed by atoms with E-state index in [9.17, 15) is 8.42 Å². The number of aromatic nitrogens is 4. The van der Waals surface area contributed by atoms with Crippen LogP contribution in [0.15, 0.2) is 36.8 Å². The molecule has 1 saturated heterocycles. The van der Waals surface area contributed by atoms with Gasteiger partial charge < -0.3 is 9.88 Å². The fourth-order valence-electron chi connectivity index (χ4n) is 5.34. The van der Waals surface area contributed by atoms with Gasteiger partial charge in [0, 0.05) is 35.5 Å². The zero-order valence-corrected chi connectivity index (χ0v) is 21.2. The normalized spacial score (nSPS) is 16.3. The van der Waals surface area contributed by atoms with Crippen molar-refractivity contribution in [3.05, 3.63) is 53.5 Å². The summed E-state index contributed by atoms with van der Waals surface area (Å²) in [7, 11) is -2.91. The largest absolute Gasteiger partial charge is 0.354 e. The fraction of sp³-hybridized carbons (Fsp3) is 0.462. The van der Waals surface area contributed by atoms with Gasteiger partial charge in [-0.1, -0.05) is 19.9 Å².